The van der Waals surface area contributed by atoms with Gasteiger partial charge in [0.15, 0.2) is 0 Å². The Morgan fingerprint density at radius 2 is 1.59 bits per heavy atom. The van der Waals surface area contributed by atoms with E-state index < -0.39 is 17.6 Å². The van der Waals surface area contributed by atoms with Crippen LogP contribution >= 0.6 is 0 Å². The number of benzene rings is 2. The van der Waals surface area contributed by atoms with E-state index in [1.165, 1.54) is 18.2 Å². The van der Waals surface area contributed by atoms with Crippen molar-refractivity contribution in [1.82, 2.24) is 10.2 Å². The zero-order valence-corrected chi connectivity index (χ0v) is 19.2. The maximum Gasteiger partial charge on any atom is 0.418 e. The summed E-state index contributed by atoms with van der Waals surface area (Å²) < 4.78 is 45.0. The lowest BCUT2D eigenvalue weighted by Gasteiger charge is -2.38. The van der Waals surface area contributed by atoms with Gasteiger partial charge in [0.2, 0.25) is 11.8 Å². The second-order valence-corrected chi connectivity index (χ2v) is 8.43. The SMILES string of the molecule is CCN(CC(=O)NCC1(c2ccccc2)CCOCC1)CC(=O)Nc1ccccc1C(F)(F)F. The largest absolute Gasteiger partial charge is 0.418 e. The first-order chi connectivity index (χ1) is 16.2. The van der Waals surface area contributed by atoms with Crippen LogP contribution in [0.4, 0.5) is 18.9 Å². The molecule has 2 aromatic carbocycles. The molecule has 34 heavy (non-hydrogen) atoms. The normalized spacial score (nSPS) is 15.7. The van der Waals surface area contributed by atoms with Crippen LogP contribution in [0.3, 0.4) is 0 Å². The van der Waals surface area contributed by atoms with E-state index in [4.69, 9.17) is 4.74 Å². The zero-order valence-electron chi connectivity index (χ0n) is 19.2. The summed E-state index contributed by atoms with van der Waals surface area (Å²) in [5, 5.41) is 5.31. The summed E-state index contributed by atoms with van der Waals surface area (Å²) in [6, 6.07) is 14.8. The molecule has 1 aliphatic heterocycles. The number of hydrogen-bond acceptors (Lipinski definition) is 4. The van der Waals surface area contributed by atoms with Gasteiger partial charge in [0, 0.05) is 25.2 Å². The van der Waals surface area contributed by atoms with Gasteiger partial charge in [0.25, 0.3) is 0 Å². The Morgan fingerprint density at radius 3 is 2.24 bits per heavy atom. The Hall–Kier alpha value is -2.91. The van der Waals surface area contributed by atoms with Crippen molar-refractivity contribution in [3.05, 3.63) is 65.7 Å². The van der Waals surface area contributed by atoms with E-state index in [9.17, 15) is 22.8 Å². The predicted molar refractivity (Wildman–Crippen MR) is 123 cm³/mol. The number of rotatable bonds is 9. The molecule has 2 N–H and O–H groups in total. The second kappa shape index (κ2) is 11.5. The molecule has 0 spiro atoms. The lowest BCUT2D eigenvalue weighted by Crippen LogP contribution is -2.47. The Labute approximate surface area is 197 Å². The molecule has 2 amide bonds. The van der Waals surface area contributed by atoms with Gasteiger partial charge in [-0.3, -0.25) is 14.5 Å². The topological polar surface area (TPSA) is 70.7 Å². The van der Waals surface area contributed by atoms with Crippen LogP contribution in [-0.2, 0) is 25.9 Å². The number of nitrogens with one attached hydrogen (secondary N) is 2. The van der Waals surface area contributed by atoms with Crippen LogP contribution < -0.4 is 10.6 Å². The predicted octanol–water partition coefficient (Wildman–Crippen LogP) is 3.83. The molecular formula is C25H30F3N3O3. The molecule has 184 valence electrons. The molecule has 9 heteroatoms. The highest BCUT2D eigenvalue weighted by Gasteiger charge is 2.35. The van der Waals surface area contributed by atoms with Crippen LogP contribution in [0.2, 0.25) is 0 Å². The Bertz CT molecular complexity index is 961. The highest BCUT2D eigenvalue weighted by atomic mass is 19.4. The molecule has 0 aromatic heterocycles. The summed E-state index contributed by atoms with van der Waals surface area (Å²) in [7, 11) is 0. The molecule has 1 aliphatic rings. The molecule has 0 aliphatic carbocycles. The lowest BCUT2D eigenvalue weighted by molar-refractivity contribution is -0.137. The van der Waals surface area contributed by atoms with Gasteiger partial charge in [-0.25, -0.2) is 0 Å². The van der Waals surface area contributed by atoms with Crippen molar-refractivity contribution >= 4 is 17.5 Å². The monoisotopic (exact) mass is 477 g/mol. The molecule has 6 nitrogen and oxygen atoms in total. The minimum absolute atomic E-state index is 0.0355. The number of hydrogen-bond donors (Lipinski definition) is 2. The average Bonchev–Trinajstić information content (AvgIpc) is 2.83. The third-order valence-electron chi connectivity index (χ3n) is 6.15. The molecule has 2 aromatic rings. The van der Waals surface area contributed by atoms with Gasteiger partial charge in [-0.05, 0) is 37.1 Å². The number of anilines is 1. The van der Waals surface area contributed by atoms with Crippen LogP contribution in [0.1, 0.15) is 30.9 Å². The summed E-state index contributed by atoms with van der Waals surface area (Å²) in [6.45, 7) is 3.62. The number of alkyl halides is 3. The van der Waals surface area contributed by atoms with E-state index in [1.54, 1.807) is 11.8 Å². The maximum absolute atomic E-state index is 13.2. The van der Waals surface area contributed by atoms with Gasteiger partial charge in [0.05, 0.1) is 24.3 Å². The van der Waals surface area contributed by atoms with Crippen LogP contribution in [-0.4, -0.2) is 56.1 Å². The number of amides is 2. The fourth-order valence-electron chi connectivity index (χ4n) is 4.16. The molecule has 0 atom stereocenters. The van der Waals surface area contributed by atoms with E-state index in [2.05, 4.69) is 22.8 Å². The first-order valence-electron chi connectivity index (χ1n) is 11.3. The van der Waals surface area contributed by atoms with Crippen LogP contribution in [0, 0.1) is 0 Å². The van der Waals surface area contributed by atoms with E-state index in [1.807, 2.05) is 18.2 Å². The third kappa shape index (κ3) is 6.80. The summed E-state index contributed by atoms with van der Waals surface area (Å²) in [4.78, 5) is 26.7. The molecule has 0 radical (unpaired) electrons. The summed E-state index contributed by atoms with van der Waals surface area (Å²) in [5.74, 6) is -0.858. The number of ether oxygens (including phenoxy) is 1. The van der Waals surface area contributed by atoms with Crippen LogP contribution in [0.15, 0.2) is 54.6 Å². The van der Waals surface area contributed by atoms with Crippen molar-refractivity contribution in [2.75, 3.05) is 44.7 Å². The number of carbonyl (C=O) groups excluding carboxylic acids is 2. The van der Waals surface area contributed by atoms with Crippen molar-refractivity contribution in [1.29, 1.82) is 0 Å². The fraction of sp³-hybridized carbons (Fsp3) is 0.440. The van der Waals surface area contributed by atoms with E-state index in [0.717, 1.165) is 24.5 Å². The first-order valence-corrected chi connectivity index (χ1v) is 11.3. The van der Waals surface area contributed by atoms with Crippen molar-refractivity contribution in [2.24, 2.45) is 0 Å². The molecule has 0 saturated carbocycles. The van der Waals surface area contributed by atoms with Gasteiger partial charge in [0.1, 0.15) is 0 Å². The van der Waals surface area contributed by atoms with E-state index in [-0.39, 0.29) is 30.1 Å². The number of likely N-dealkylation sites (N-methyl/N-ethyl adjacent to an activating group) is 1. The minimum atomic E-state index is -4.58. The number of carbonyl (C=O) groups is 2. The van der Waals surface area contributed by atoms with Crippen molar-refractivity contribution in [3.8, 4) is 0 Å². The Balaban J connectivity index is 1.57. The molecule has 1 fully saturated rings. The van der Waals surface area contributed by atoms with Gasteiger partial charge >= 0.3 is 6.18 Å². The van der Waals surface area contributed by atoms with Crippen molar-refractivity contribution < 1.29 is 27.5 Å². The molecule has 3 rings (SSSR count). The van der Waals surface area contributed by atoms with E-state index >= 15 is 0 Å². The van der Waals surface area contributed by atoms with E-state index in [0.29, 0.717) is 26.3 Å². The molecule has 1 heterocycles. The summed E-state index contributed by atoms with van der Waals surface area (Å²) >= 11 is 0. The smallest absolute Gasteiger partial charge is 0.381 e. The highest BCUT2D eigenvalue weighted by Crippen LogP contribution is 2.35. The van der Waals surface area contributed by atoms with Crippen molar-refractivity contribution in [2.45, 2.75) is 31.4 Å². The van der Waals surface area contributed by atoms with Gasteiger partial charge in [-0.15, -0.1) is 0 Å². The third-order valence-corrected chi connectivity index (χ3v) is 6.15. The zero-order chi connectivity index (χ0) is 24.6. The Kier molecular flexibility index (Phi) is 8.68. The molecule has 0 unspecified atom stereocenters. The number of nitrogens with zero attached hydrogens (tertiary/aromatic N) is 1. The number of para-hydroxylation sites is 1. The van der Waals surface area contributed by atoms with Gasteiger partial charge in [-0.2, -0.15) is 13.2 Å². The fourth-order valence-corrected chi connectivity index (χ4v) is 4.16. The average molecular weight is 478 g/mol. The molecule has 1 saturated heterocycles. The van der Waals surface area contributed by atoms with Gasteiger partial charge in [-0.1, -0.05) is 49.4 Å². The molecular weight excluding hydrogens is 447 g/mol. The second-order valence-electron chi connectivity index (χ2n) is 8.43. The standard InChI is InChI=1S/C25H30F3N3O3/c1-2-31(17-23(33)30-21-11-7-6-10-20(21)25(26,27)28)16-22(32)29-18-24(12-14-34-15-13-24)19-8-4-3-5-9-19/h3-11H,2,12-18H2,1H3,(H,29,32)(H,30,33). The summed E-state index contributed by atoms with van der Waals surface area (Å²) in [6.07, 6.45) is -3.00. The quantitative estimate of drug-likeness (QED) is 0.576. The Morgan fingerprint density at radius 1 is 0.971 bits per heavy atom. The maximum atomic E-state index is 13.2. The van der Waals surface area contributed by atoms with Crippen LogP contribution in [0.5, 0.6) is 0 Å². The summed E-state index contributed by atoms with van der Waals surface area (Å²) in [5.41, 5.74) is -0.282. The van der Waals surface area contributed by atoms with Gasteiger partial charge < -0.3 is 15.4 Å². The van der Waals surface area contributed by atoms with Crippen molar-refractivity contribution in [3.63, 3.8) is 0 Å². The first kappa shape index (κ1) is 25.7. The molecule has 0 bridgehead atoms. The highest BCUT2D eigenvalue weighted by molar-refractivity contribution is 5.93. The lowest BCUT2D eigenvalue weighted by atomic mass is 9.74. The van der Waals surface area contributed by atoms with Crippen LogP contribution in [0.25, 0.3) is 0 Å². The number of halogens is 3. The minimum Gasteiger partial charge on any atom is -0.381 e.